The standard InChI is InChI=1S/C12H22N2O/c1-14(9-10-4-2-5-10)12(15)8-11-6-3-7-13-11/h10-11,13H,2-9H2,1H3. The van der Waals surface area contributed by atoms with Crippen molar-refractivity contribution in [2.75, 3.05) is 20.1 Å². The fourth-order valence-electron chi connectivity index (χ4n) is 2.46. The monoisotopic (exact) mass is 210 g/mol. The number of nitrogens with zero attached hydrogens (tertiary/aromatic N) is 1. The summed E-state index contributed by atoms with van der Waals surface area (Å²) in [6.45, 7) is 2.07. The number of carbonyl (C=O) groups is 1. The van der Waals surface area contributed by atoms with Gasteiger partial charge in [-0.2, -0.15) is 0 Å². The van der Waals surface area contributed by atoms with Gasteiger partial charge in [0, 0.05) is 26.1 Å². The molecule has 0 aromatic carbocycles. The molecule has 0 bridgehead atoms. The van der Waals surface area contributed by atoms with Gasteiger partial charge < -0.3 is 10.2 Å². The van der Waals surface area contributed by atoms with Crippen molar-refractivity contribution in [3.8, 4) is 0 Å². The highest BCUT2D eigenvalue weighted by Crippen LogP contribution is 2.27. The van der Waals surface area contributed by atoms with Crippen LogP contribution in [0.4, 0.5) is 0 Å². The predicted molar refractivity (Wildman–Crippen MR) is 60.6 cm³/mol. The van der Waals surface area contributed by atoms with E-state index in [4.69, 9.17) is 0 Å². The van der Waals surface area contributed by atoms with Crippen LogP contribution in [0.5, 0.6) is 0 Å². The van der Waals surface area contributed by atoms with Crippen LogP contribution in [0, 0.1) is 5.92 Å². The Labute approximate surface area is 92.2 Å². The number of rotatable bonds is 4. The molecule has 1 heterocycles. The molecule has 1 unspecified atom stereocenters. The molecule has 0 radical (unpaired) electrons. The molecule has 1 aliphatic heterocycles. The minimum absolute atomic E-state index is 0.321. The summed E-state index contributed by atoms with van der Waals surface area (Å²) in [6, 6.07) is 0.446. The Bertz CT molecular complexity index is 220. The second-order valence-corrected chi connectivity index (χ2v) is 5.07. The fraction of sp³-hybridized carbons (Fsp3) is 0.917. The molecular formula is C12H22N2O. The lowest BCUT2D eigenvalue weighted by molar-refractivity contribution is -0.131. The van der Waals surface area contributed by atoms with Crippen LogP contribution in [0.3, 0.4) is 0 Å². The van der Waals surface area contributed by atoms with Crippen molar-refractivity contribution in [3.63, 3.8) is 0 Å². The van der Waals surface area contributed by atoms with E-state index in [9.17, 15) is 4.79 Å². The van der Waals surface area contributed by atoms with E-state index in [0.29, 0.717) is 18.4 Å². The molecule has 1 aliphatic carbocycles. The number of nitrogens with one attached hydrogen (secondary N) is 1. The third-order valence-corrected chi connectivity index (χ3v) is 3.77. The first-order valence-corrected chi connectivity index (χ1v) is 6.23. The van der Waals surface area contributed by atoms with Gasteiger partial charge in [0.25, 0.3) is 0 Å². The summed E-state index contributed by atoms with van der Waals surface area (Å²) in [5, 5.41) is 3.38. The molecule has 2 aliphatic rings. The zero-order valence-corrected chi connectivity index (χ0v) is 9.67. The first-order chi connectivity index (χ1) is 7.25. The highest BCUT2D eigenvalue weighted by Gasteiger charge is 2.23. The second-order valence-electron chi connectivity index (χ2n) is 5.07. The molecule has 2 fully saturated rings. The number of amides is 1. The van der Waals surface area contributed by atoms with Crippen LogP contribution in [-0.2, 0) is 4.79 Å². The van der Waals surface area contributed by atoms with Crippen LogP contribution < -0.4 is 5.32 Å². The Morgan fingerprint density at radius 2 is 2.13 bits per heavy atom. The van der Waals surface area contributed by atoms with Gasteiger partial charge in [0.1, 0.15) is 0 Å². The van der Waals surface area contributed by atoms with Crippen molar-refractivity contribution in [3.05, 3.63) is 0 Å². The maximum Gasteiger partial charge on any atom is 0.223 e. The van der Waals surface area contributed by atoms with Gasteiger partial charge in [0.15, 0.2) is 0 Å². The molecule has 1 N–H and O–H groups in total. The summed E-state index contributed by atoms with van der Waals surface area (Å²) in [4.78, 5) is 13.8. The van der Waals surface area contributed by atoms with Crippen molar-refractivity contribution >= 4 is 5.91 Å². The third kappa shape index (κ3) is 2.94. The van der Waals surface area contributed by atoms with Crippen LogP contribution in [-0.4, -0.2) is 37.0 Å². The molecule has 86 valence electrons. The summed E-state index contributed by atoms with van der Waals surface area (Å²) in [5.41, 5.74) is 0. The van der Waals surface area contributed by atoms with Gasteiger partial charge in [-0.05, 0) is 38.1 Å². The minimum atomic E-state index is 0.321. The molecule has 3 heteroatoms. The Balaban J connectivity index is 1.68. The van der Waals surface area contributed by atoms with Crippen LogP contribution in [0.15, 0.2) is 0 Å². The molecule has 0 aromatic heterocycles. The quantitative estimate of drug-likeness (QED) is 0.760. The number of carbonyl (C=O) groups excluding carboxylic acids is 1. The van der Waals surface area contributed by atoms with E-state index in [1.807, 2.05) is 11.9 Å². The molecule has 2 rings (SSSR count). The van der Waals surface area contributed by atoms with E-state index < -0.39 is 0 Å². The number of hydrogen-bond acceptors (Lipinski definition) is 2. The van der Waals surface area contributed by atoms with E-state index >= 15 is 0 Å². The van der Waals surface area contributed by atoms with E-state index in [2.05, 4.69) is 5.32 Å². The van der Waals surface area contributed by atoms with Crippen LogP contribution in [0.1, 0.15) is 38.5 Å². The molecule has 0 aromatic rings. The summed E-state index contributed by atoms with van der Waals surface area (Å²) in [7, 11) is 1.95. The lowest BCUT2D eigenvalue weighted by Gasteiger charge is -2.30. The zero-order valence-electron chi connectivity index (χ0n) is 9.67. The van der Waals surface area contributed by atoms with Crippen molar-refractivity contribution in [2.24, 2.45) is 5.92 Å². The smallest absolute Gasteiger partial charge is 0.223 e. The van der Waals surface area contributed by atoms with Crippen LogP contribution in [0.25, 0.3) is 0 Å². The van der Waals surface area contributed by atoms with Crippen molar-refractivity contribution in [1.29, 1.82) is 0 Å². The molecule has 15 heavy (non-hydrogen) atoms. The fourth-order valence-corrected chi connectivity index (χ4v) is 2.46. The van der Waals surface area contributed by atoms with Gasteiger partial charge in [0.2, 0.25) is 5.91 Å². The van der Waals surface area contributed by atoms with Crippen LogP contribution in [0.2, 0.25) is 0 Å². The van der Waals surface area contributed by atoms with Gasteiger partial charge in [-0.1, -0.05) is 6.42 Å². The molecule has 3 nitrogen and oxygen atoms in total. The second kappa shape index (κ2) is 4.97. The summed E-state index contributed by atoms with van der Waals surface area (Å²) in [5.74, 6) is 1.11. The lowest BCUT2D eigenvalue weighted by Crippen LogP contribution is -2.37. The topological polar surface area (TPSA) is 32.3 Å². The van der Waals surface area contributed by atoms with E-state index in [1.54, 1.807) is 0 Å². The maximum absolute atomic E-state index is 11.9. The van der Waals surface area contributed by atoms with E-state index in [0.717, 1.165) is 19.0 Å². The van der Waals surface area contributed by atoms with Crippen molar-refractivity contribution in [1.82, 2.24) is 10.2 Å². The van der Waals surface area contributed by atoms with E-state index in [1.165, 1.54) is 32.1 Å². The summed E-state index contributed by atoms with van der Waals surface area (Å²) >= 11 is 0. The van der Waals surface area contributed by atoms with Gasteiger partial charge >= 0.3 is 0 Å². The lowest BCUT2D eigenvalue weighted by atomic mass is 9.85. The molecule has 1 saturated carbocycles. The average molecular weight is 210 g/mol. The van der Waals surface area contributed by atoms with Gasteiger partial charge in [-0.3, -0.25) is 4.79 Å². The van der Waals surface area contributed by atoms with Crippen LogP contribution >= 0.6 is 0 Å². The molecule has 1 atom stereocenters. The molecule has 1 amide bonds. The van der Waals surface area contributed by atoms with Crippen molar-refractivity contribution < 1.29 is 4.79 Å². The first-order valence-electron chi connectivity index (χ1n) is 6.23. The highest BCUT2D eigenvalue weighted by molar-refractivity contribution is 5.76. The highest BCUT2D eigenvalue weighted by atomic mass is 16.2. The molecule has 1 saturated heterocycles. The van der Waals surface area contributed by atoms with Crippen molar-refractivity contribution in [2.45, 2.75) is 44.6 Å². The maximum atomic E-state index is 11.9. The summed E-state index contributed by atoms with van der Waals surface area (Å²) in [6.07, 6.45) is 7.09. The first kappa shape index (κ1) is 10.9. The Morgan fingerprint density at radius 1 is 1.33 bits per heavy atom. The zero-order chi connectivity index (χ0) is 10.7. The van der Waals surface area contributed by atoms with E-state index in [-0.39, 0.29) is 0 Å². The third-order valence-electron chi connectivity index (χ3n) is 3.77. The van der Waals surface area contributed by atoms with Gasteiger partial charge in [0.05, 0.1) is 0 Å². The number of hydrogen-bond donors (Lipinski definition) is 1. The average Bonchev–Trinajstić information content (AvgIpc) is 2.63. The Morgan fingerprint density at radius 3 is 2.67 bits per heavy atom. The Hall–Kier alpha value is -0.570. The van der Waals surface area contributed by atoms with Gasteiger partial charge in [-0.25, -0.2) is 0 Å². The largest absolute Gasteiger partial charge is 0.345 e. The predicted octanol–water partition coefficient (Wildman–Crippen LogP) is 1.39. The minimum Gasteiger partial charge on any atom is -0.345 e. The molecular weight excluding hydrogens is 188 g/mol. The normalized spacial score (nSPS) is 26.3. The Kier molecular flexibility index (Phi) is 3.62. The molecule has 0 spiro atoms. The van der Waals surface area contributed by atoms with Gasteiger partial charge in [-0.15, -0.1) is 0 Å². The summed E-state index contributed by atoms with van der Waals surface area (Å²) < 4.78 is 0. The SMILES string of the molecule is CN(CC1CCC1)C(=O)CC1CCCN1.